The lowest BCUT2D eigenvalue weighted by molar-refractivity contribution is 0.0258. The number of halogens is 2. The Bertz CT molecular complexity index is 377. The molecule has 0 unspecified atom stereocenters. The molecule has 1 aromatic rings. The highest BCUT2D eigenvalue weighted by atomic mass is 19.1. The topological polar surface area (TPSA) is 23.5 Å². The predicted molar refractivity (Wildman–Crippen MR) is 61.4 cm³/mol. The van der Waals surface area contributed by atoms with E-state index < -0.39 is 11.6 Å². The molecule has 0 saturated carbocycles. The molecular weight excluding hydrogens is 224 g/mol. The van der Waals surface area contributed by atoms with Crippen LogP contribution in [0.15, 0.2) is 18.2 Å². The van der Waals surface area contributed by atoms with Crippen LogP contribution in [0.4, 0.5) is 8.78 Å². The minimum atomic E-state index is -0.550. The van der Waals surface area contributed by atoms with Gasteiger partial charge in [0.15, 0.2) is 0 Å². The van der Waals surface area contributed by atoms with Gasteiger partial charge >= 0.3 is 0 Å². The van der Waals surface area contributed by atoms with Crippen LogP contribution in [-0.2, 0) is 6.54 Å². The molecule has 4 heteroatoms. The lowest BCUT2D eigenvalue weighted by atomic mass is 9.96. The molecule has 0 amide bonds. The van der Waals surface area contributed by atoms with Crippen molar-refractivity contribution in [1.29, 1.82) is 0 Å². The zero-order chi connectivity index (χ0) is 12.4. The zero-order valence-corrected chi connectivity index (χ0v) is 9.87. The smallest absolute Gasteiger partial charge is 0.126 e. The van der Waals surface area contributed by atoms with E-state index in [1.165, 1.54) is 12.1 Å². The van der Waals surface area contributed by atoms with Crippen LogP contribution >= 0.6 is 0 Å². The van der Waals surface area contributed by atoms with Gasteiger partial charge in [-0.3, -0.25) is 4.90 Å². The van der Waals surface area contributed by atoms with E-state index in [0.717, 1.165) is 19.0 Å². The number of benzene rings is 1. The molecule has 17 heavy (non-hydrogen) atoms. The molecule has 1 N–H and O–H groups in total. The third-order valence-electron chi connectivity index (χ3n) is 3.33. The summed E-state index contributed by atoms with van der Waals surface area (Å²) in [6, 6.07) is 3.55. The first kappa shape index (κ1) is 12.5. The van der Waals surface area contributed by atoms with Crippen molar-refractivity contribution in [1.82, 2.24) is 4.90 Å². The highest BCUT2D eigenvalue weighted by molar-refractivity contribution is 5.17. The van der Waals surface area contributed by atoms with E-state index in [1.54, 1.807) is 0 Å². The first-order valence-electron chi connectivity index (χ1n) is 5.90. The quantitative estimate of drug-likeness (QED) is 0.857. The molecule has 1 aliphatic rings. The van der Waals surface area contributed by atoms with Gasteiger partial charge in [-0.25, -0.2) is 8.78 Å². The van der Waals surface area contributed by atoms with Gasteiger partial charge in [0, 0.05) is 19.2 Å². The van der Waals surface area contributed by atoms with Crippen molar-refractivity contribution in [2.75, 3.05) is 13.1 Å². The normalized spacial score (nSPS) is 26.1. The summed E-state index contributed by atoms with van der Waals surface area (Å²) >= 11 is 0. The Kier molecular flexibility index (Phi) is 3.74. The van der Waals surface area contributed by atoms with Gasteiger partial charge in [0.05, 0.1) is 6.10 Å². The zero-order valence-electron chi connectivity index (χ0n) is 9.87. The van der Waals surface area contributed by atoms with Crippen molar-refractivity contribution in [3.8, 4) is 0 Å². The number of hydrogen-bond acceptors (Lipinski definition) is 2. The van der Waals surface area contributed by atoms with Gasteiger partial charge < -0.3 is 5.11 Å². The second kappa shape index (κ2) is 5.10. The van der Waals surface area contributed by atoms with E-state index in [2.05, 4.69) is 0 Å². The maximum absolute atomic E-state index is 13.0. The third-order valence-corrected chi connectivity index (χ3v) is 3.33. The molecule has 0 spiro atoms. The largest absolute Gasteiger partial charge is 0.392 e. The summed E-state index contributed by atoms with van der Waals surface area (Å²) in [6.07, 6.45) is 0.570. The fourth-order valence-corrected chi connectivity index (χ4v) is 2.22. The van der Waals surface area contributed by atoms with Crippen molar-refractivity contribution in [2.45, 2.75) is 26.0 Å². The minimum Gasteiger partial charge on any atom is -0.392 e. The molecule has 1 saturated heterocycles. The molecule has 1 fully saturated rings. The van der Waals surface area contributed by atoms with Crippen LogP contribution in [0.25, 0.3) is 0 Å². The molecule has 0 radical (unpaired) electrons. The molecule has 0 aromatic heterocycles. The predicted octanol–water partition coefficient (Wildman–Crippen LogP) is 2.17. The number of likely N-dealkylation sites (tertiary alicyclic amines) is 1. The Morgan fingerprint density at radius 1 is 1.29 bits per heavy atom. The summed E-state index contributed by atoms with van der Waals surface area (Å²) < 4.78 is 26.0. The van der Waals surface area contributed by atoms with Crippen LogP contribution in [0, 0.1) is 17.6 Å². The summed E-state index contributed by atoms with van der Waals surface area (Å²) in [5.74, 6) is -0.799. The summed E-state index contributed by atoms with van der Waals surface area (Å²) in [5.41, 5.74) is 0.615. The van der Waals surface area contributed by atoms with Crippen LogP contribution in [0.5, 0.6) is 0 Å². The second-order valence-corrected chi connectivity index (χ2v) is 4.85. The van der Waals surface area contributed by atoms with Gasteiger partial charge in [-0.1, -0.05) is 6.92 Å². The SMILES string of the molecule is C[C@@H]1CCN(Cc2cc(F)cc(F)c2)C[C@H]1O. The van der Waals surface area contributed by atoms with E-state index >= 15 is 0 Å². The van der Waals surface area contributed by atoms with Crippen molar-refractivity contribution >= 4 is 0 Å². The third kappa shape index (κ3) is 3.23. The number of β-amino-alcohol motifs (C(OH)–C–C–N with tert-alkyl or cyclic N) is 1. The van der Waals surface area contributed by atoms with Crippen molar-refractivity contribution in [3.05, 3.63) is 35.4 Å². The van der Waals surface area contributed by atoms with Gasteiger partial charge in [-0.05, 0) is 36.6 Å². The number of hydrogen-bond donors (Lipinski definition) is 1. The molecule has 0 aliphatic carbocycles. The molecular formula is C13H17F2NO. The Labute approximate surface area is 99.9 Å². The molecule has 1 aliphatic heterocycles. The lowest BCUT2D eigenvalue weighted by Gasteiger charge is -2.34. The van der Waals surface area contributed by atoms with Crippen molar-refractivity contribution in [3.63, 3.8) is 0 Å². The molecule has 94 valence electrons. The van der Waals surface area contributed by atoms with Crippen molar-refractivity contribution < 1.29 is 13.9 Å². The first-order chi connectivity index (χ1) is 8.04. The average Bonchev–Trinajstić information content (AvgIpc) is 2.22. The summed E-state index contributed by atoms with van der Waals surface area (Å²) in [6.45, 7) is 3.93. The van der Waals surface area contributed by atoms with Gasteiger partial charge in [0.1, 0.15) is 11.6 Å². The number of aliphatic hydroxyl groups is 1. The summed E-state index contributed by atoms with van der Waals surface area (Å²) in [5, 5.41) is 9.75. The van der Waals surface area contributed by atoms with Gasteiger partial charge in [0.25, 0.3) is 0 Å². The average molecular weight is 241 g/mol. The maximum Gasteiger partial charge on any atom is 0.126 e. The van der Waals surface area contributed by atoms with E-state index in [0.29, 0.717) is 24.6 Å². The highest BCUT2D eigenvalue weighted by Crippen LogP contribution is 2.19. The van der Waals surface area contributed by atoms with E-state index in [1.807, 2.05) is 11.8 Å². The highest BCUT2D eigenvalue weighted by Gasteiger charge is 2.24. The molecule has 2 nitrogen and oxygen atoms in total. The Morgan fingerprint density at radius 2 is 1.94 bits per heavy atom. The van der Waals surface area contributed by atoms with E-state index in [4.69, 9.17) is 0 Å². The first-order valence-corrected chi connectivity index (χ1v) is 5.90. The monoisotopic (exact) mass is 241 g/mol. The molecule has 1 heterocycles. The van der Waals surface area contributed by atoms with Crippen LogP contribution in [0.2, 0.25) is 0 Å². The number of nitrogens with zero attached hydrogens (tertiary/aromatic N) is 1. The molecule has 1 aromatic carbocycles. The fraction of sp³-hybridized carbons (Fsp3) is 0.538. The molecule has 2 atom stereocenters. The molecule has 2 rings (SSSR count). The second-order valence-electron chi connectivity index (χ2n) is 4.85. The van der Waals surface area contributed by atoms with Crippen LogP contribution in [-0.4, -0.2) is 29.2 Å². The van der Waals surface area contributed by atoms with E-state index in [-0.39, 0.29) is 6.10 Å². The van der Waals surface area contributed by atoms with Gasteiger partial charge in [-0.2, -0.15) is 0 Å². The number of piperidine rings is 1. The maximum atomic E-state index is 13.0. The van der Waals surface area contributed by atoms with E-state index in [9.17, 15) is 13.9 Å². The standard InChI is InChI=1S/C13H17F2NO/c1-9-2-3-16(8-13(9)17)7-10-4-11(14)6-12(15)5-10/h4-6,9,13,17H,2-3,7-8H2,1H3/t9-,13-/m1/s1. The Morgan fingerprint density at radius 3 is 2.53 bits per heavy atom. The van der Waals surface area contributed by atoms with Crippen molar-refractivity contribution in [2.24, 2.45) is 5.92 Å². The summed E-state index contributed by atoms with van der Waals surface area (Å²) in [7, 11) is 0. The molecule has 0 bridgehead atoms. The Hall–Kier alpha value is -1.00. The number of aliphatic hydroxyl groups excluding tert-OH is 1. The Balaban J connectivity index is 2.01. The van der Waals surface area contributed by atoms with Gasteiger partial charge in [0.2, 0.25) is 0 Å². The fourth-order valence-electron chi connectivity index (χ4n) is 2.22. The summed E-state index contributed by atoms with van der Waals surface area (Å²) in [4.78, 5) is 2.03. The lowest BCUT2D eigenvalue weighted by Crippen LogP contribution is -2.42. The van der Waals surface area contributed by atoms with Crippen LogP contribution in [0.1, 0.15) is 18.9 Å². The van der Waals surface area contributed by atoms with Crippen LogP contribution < -0.4 is 0 Å². The van der Waals surface area contributed by atoms with Crippen LogP contribution in [0.3, 0.4) is 0 Å². The van der Waals surface area contributed by atoms with Gasteiger partial charge in [-0.15, -0.1) is 0 Å². The minimum absolute atomic E-state index is 0.301. The number of rotatable bonds is 2.